The quantitative estimate of drug-likeness (QED) is 0.677. The third kappa shape index (κ3) is 3.30. The largest absolute Gasteiger partial charge is 0.494 e. The highest BCUT2D eigenvalue weighted by atomic mass is 16.7. The average molecular weight is 402 g/mol. The van der Waals surface area contributed by atoms with Crippen molar-refractivity contribution in [2.45, 2.75) is 19.6 Å². The van der Waals surface area contributed by atoms with E-state index in [1.54, 1.807) is 0 Å². The topological polar surface area (TPSA) is 60.0 Å². The summed E-state index contributed by atoms with van der Waals surface area (Å²) in [6.07, 6.45) is -0.298. The summed E-state index contributed by atoms with van der Waals surface area (Å²) in [5, 5.41) is 3.53. The summed E-state index contributed by atoms with van der Waals surface area (Å²) in [7, 11) is 0. The molecule has 1 N–H and O–H groups in total. The molecule has 2 aliphatic heterocycles. The van der Waals surface area contributed by atoms with Gasteiger partial charge in [-0.15, -0.1) is 0 Å². The summed E-state index contributed by atoms with van der Waals surface area (Å²) < 4.78 is 16.5. The molecule has 1 atom stereocenters. The van der Waals surface area contributed by atoms with Crippen molar-refractivity contribution in [3.8, 4) is 17.2 Å². The molecule has 30 heavy (non-hydrogen) atoms. The molecule has 152 valence electrons. The van der Waals surface area contributed by atoms with Crippen LogP contribution in [-0.4, -0.2) is 24.2 Å². The Morgan fingerprint density at radius 1 is 1.03 bits per heavy atom. The van der Waals surface area contributed by atoms with Gasteiger partial charge >= 0.3 is 0 Å². The van der Waals surface area contributed by atoms with Gasteiger partial charge in [0.15, 0.2) is 11.5 Å². The van der Waals surface area contributed by atoms with Crippen molar-refractivity contribution in [2.75, 3.05) is 18.7 Å². The molecule has 1 unspecified atom stereocenters. The highest BCUT2D eigenvalue weighted by molar-refractivity contribution is 6.01. The molecule has 1 amide bonds. The predicted molar refractivity (Wildman–Crippen MR) is 113 cm³/mol. The van der Waals surface area contributed by atoms with Gasteiger partial charge < -0.3 is 24.4 Å². The maximum atomic E-state index is 13.4. The average Bonchev–Trinajstić information content (AvgIpc) is 3.24. The molecule has 0 saturated heterocycles. The molecule has 6 nitrogen and oxygen atoms in total. The number of amides is 1. The Labute approximate surface area is 175 Å². The van der Waals surface area contributed by atoms with E-state index in [4.69, 9.17) is 14.2 Å². The van der Waals surface area contributed by atoms with Gasteiger partial charge in [-0.2, -0.15) is 0 Å². The monoisotopic (exact) mass is 402 g/mol. The van der Waals surface area contributed by atoms with Crippen molar-refractivity contribution < 1.29 is 19.0 Å². The normalized spacial score (nSPS) is 16.8. The number of fused-ring (bicyclic) bond motifs is 2. The lowest BCUT2D eigenvalue weighted by Crippen LogP contribution is -2.42. The first-order valence-electron chi connectivity index (χ1n) is 10.0. The zero-order valence-electron chi connectivity index (χ0n) is 16.6. The summed E-state index contributed by atoms with van der Waals surface area (Å²) in [5.74, 6) is 2.24. The summed E-state index contributed by atoms with van der Waals surface area (Å²) in [4.78, 5) is 15.3. The molecule has 2 aliphatic rings. The first-order valence-corrected chi connectivity index (χ1v) is 10.0. The third-order valence-corrected chi connectivity index (χ3v) is 5.32. The Kier molecular flexibility index (Phi) is 4.67. The van der Waals surface area contributed by atoms with Crippen LogP contribution in [-0.2, 0) is 6.54 Å². The lowest BCUT2D eigenvalue weighted by atomic mass is 10.0. The van der Waals surface area contributed by atoms with Crippen molar-refractivity contribution >= 4 is 11.6 Å². The minimum atomic E-state index is -0.298. The number of carbonyl (C=O) groups is 1. The molecule has 2 heterocycles. The van der Waals surface area contributed by atoms with Crippen LogP contribution in [0.2, 0.25) is 0 Å². The van der Waals surface area contributed by atoms with Crippen molar-refractivity contribution in [3.63, 3.8) is 0 Å². The van der Waals surface area contributed by atoms with Gasteiger partial charge in [0.25, 0.3) is 5.91 Å². The second-order valence-electron chi connectivity index (χ2n) is 7.22. The van der Waals surface area contributed by atoms with Crippen LogP contribution in [0.4, 0.5) is 5.69 Å². The smallest absolute Gasteiger partial charge is 0.258 e. The Balaban J connectivity index is 1.50. The lowest BCUT2D eigenvalue weighted by molar-refractivity contribution is 0.0666. The summed E-state index contributed by atoms with van der Waals surface area (Å²) in [6, 6.07) is 21.3. The zero-order valence-corrected chi connectivity index (χ0v) is 16.6. The Bertz CT molecular complexity index is 1080. The standard InChI is InChI=1S/C24H22N2O4/c1-2-28-18-10-8-17(9-11-18)23-25-20-6-4-3-5-19(20)24(27)26(23)14-16-7-12-21-22(13-16)30-15-29-21/h3-13,23,25H,2,14-15H2,1H3. The van der Waals surface area contributed by atoms with E-state index < -0.39 is 0 Å². The fourth-order valence-electron chi connectivity index (χ4n) is 3.87. The predicted octanol–water partition coefficient (Wildman–Crippen LogP) is 4.58. The van der Waals surface area contributed by atoms with Gasteiger partial charge in [-0.25, -0.2) is 0 Å². The molecule has 0 fully saturated rings. The number of nitrogens with one attached hydrogen (secondary N) is 1. The first-order chi connectivity index (χ1) is 14.7. The molecule has 6 heteroatoms. The second kappa shape index (κ2) is 7.63. The number of hydrogen-bond donors (Lipinski definition) is 1. The fourth-order valence-corrected chi connectivity index (χ4v) is 3.87. The SMILES string of the molecule is CCOc1ccc(C2Nc3ccccc3C(=O)N2Cc2ccc3c(c2)OCO3)cc1. The van der Waals surface area contributed by atoms with Crippen molar-refractivity contribution in [2.24, 2.45) is 0 Å². The van der Waals surface area contributed by atoms with Crippen molar-refractivity contribution in [1.82, 2.24) is 4.90 Å². The minimum Gasteiger partial charge on any atom is -0.494 e. The maximum absolute atomic E-state index is 13.4. The Morgan fingerprint density at radius 2 is 1.83 bits per heavy atom. The fraction of sp³-hybridized carbons (Fsp3) is 0.208. The molecule has 3 aromatic rings. The number of rotatable bonds is 5. The van der Waals surface area contributed by atoms with Crippen LogP contribution in [0.5, 0.6) is 17.2 Å². The van der Waals surface area contributed by atoms with E-state index in [0.29, 0.717) is 24.5 Å². The summed E-state index contributed by atoms with van der Waals surface area (Å²) in [6.45, 7) is 3.24. The summed E-state index contributed by atoms with van der Waals surface area (Å²) in [5.41, 5.74) is 3.47. The highest BCUT2D eigenvalue weighted by Gasteiger charge is 2.33. The van der Waals surface area contributed by atoms with Crippen LogP contribution < -0.4 is 19.5 Å². The number of carbonyl (C=O) groups excluding carboxylic acids is 1. The zero-order chi connectivity index (χ0) is 20.5. The van der Waals surface area contributed by atoms with E-state index in [9.17, 15) is 4.79 Å². The van der Waals surface area contributed by atoms with E-state index in [2.05, 4.69) is 5.32 Å². The van der Waals surface area contributed by atoms with Crippen LogP contribution in [0.3, 0.4) is 0 Å². The maximum Gasteiger partial charge on any atom is 0.258 e. The molecule has 0 spiro atoms. The minimum absolute atomic E-state index is 0.0131. The van der Waals surface area contributed by atoms with Gasteiger partial charge in [-0.3, -0.25) is 4.79 Å². The van der Waals surface area contributed by atoms with Gasteiger partial charge in [-0.05, 0) is 54.4 Å². The number of hydrogen-bond acceptors (Lipinski definition) is 5. The molecule has 3 aromatic carbocycles. The van der Waals surface area contributed by atoms with Gasteiger partial charge in [0, 0.05) is 12.2 Å². The number of ether oxygens (including phenoxy) is 3. The van der Waals surface area contributed by atoms with Gasteiger partial charge in [0.2, 0.25) is 6.79 Å². The van der Waals surface area contributed by atoms with Crippen LogP contribution in [0.25, 0.3) is 0 Å². The third-order valence-electron chi connectivity index (χ3n) is 5.32. The Morgan fingerprint density at radius 3 is 2.67 bits per heavy atom. The van der Waals surface area contributed by atoms with E-state index >= 15 is 0 Å². The number of nitrogens with zero attached hydrogens (tertiary/aromatic N) is 1. The van der Waals surface area contributed by atoms with Crippen LogP contribution in [0.1, 0.15) is 34.6 Å². The number of para-hydroxylation sites is 1. The molecule has 0 saturated carbocycles. The van der Waals surface area contributed by atoms with Crippen LogP contribution in [0.15, 0.2) is 66.7 Å². The summed E-state index contributed by atoms with van der Waals surface area (Å²) >= 11 is 0. The van der Waals surface area contributed by atoms with E-state index in [-0.39, 0.29) is 18.9 Å². The molecule has 0 aliphatic carbocycles. The van der Waals surface area contributed by atoms with Gasteiger partial charge in [-0.1, -0.05) is 30.3 Å². The van der Waals surface area contributed by atoms with Crippen molar-refractivity contribution in [1.29, 1.82) is 0 Å². The highest BCUT2D eigenvalue weighted by Crippen LogP contribution is 2.37. The molecule has 5 rings (SSSR count). The number of anilines is 1. The van der Waals surface area contributed by atoms with Crippen molar-refractivity contribution in [3.05, 3.63) is 83.4 Å². The van der Waals surface area contributed by atoms with E-state index in [1.165, 1.54) is 0 Å². The Hall–Kier alpha value is -3.67. The second-order valence-corrected chi connectivity index (χ2v) is 7.22. The van der Waals surface area contributed by atoms with Gasteiger partial charge in [0.05, 0.1) is 12.2 Å². The molecule has 0 aromatic heterocycles. The van der Waals surface area contributed by atoms with Gasteiger partial charge in [0.1, 0.15) is 11.9 Å². The molecular weight excluding hydrogens is 380 g/mol. The van der Waals surface area contributed by atoms with Crippen LogP contribution >= 0.6 is 0 Å². The molecule has 0 radical (unpaired) electrons. The van der Waals surface area contributed by atoms with E-state index in [0.717, 1.165) is 28.3 Å². The number of benzene rings is 3. The first kappa shape index (κ1) is 18.4. The lowest BCUT2D eigenvalue weighted by Gasteiger charge is -2.38. The molecule has 0 bridgehead atoms. The van der Waals surface area contributed by atoms with Crippen LogP contribution in [0, 0.1) is 0 Å². The molecular formula is C24H22N2O4. The van der Waals surface area contributed by atoms with E-state index in [1.807, 2.05) is 78.6 Å².